The molecule has 0 aromatic heterocycles. The van der Waals surface area contributed by atoms with Crippen LogP contribution in [0, 0.1) is 34.1 Å². The van der Waals surface area contributed by atoms with Crippen molar-refractivity contribution in [3.8, 4) is 11.5 Å². The topological polar surface area (TPSA) is 150 Å². The fraction of sp³-hybridized carbons (Fsp3) is 0.143. The number of aryl methyl sites for hydroxylation is 2. The van der Waals surface area contributed by atoms with Crippen LogP contribution in [0.15, 0.2) is 35.2 Å². The van der Waals surface area contributed by atoms with Crippen LogP contribution in [0.4, 0.5) is 11.4 Å². The zero-order valence-corrected chi connectivity index (χ0v) is 13.8. The molecule has 1 N–H and O–H groups in total. The quantitative estimate of drug-likeness (QED) is 0.480. The van der Waals surface area contributed by atoms with Crippen molar-refractivity contribution in [1.82, 2.24) is 0 Å². The molecule has 0 amide bonds. The van der Waals surface area contributed by atoms with Gasteiger partial charge in [-0.25, -0.2) is 0 Å². The number of benzene rings is 2. The van der Waals surface area contributed by atoms with Crippen molar-refractivity contribution in [2.24, 2.45) is 0 Å². The number of phenols is 1. The van der Waals surface area contributed by atoms with E-state index < -0.39 is 37.1 Å². The highest BCUT2D eigenvalue weighted by atomic mass is 32.2. The maximum Gasteiger partial charge on any atom is 0.339 e. The van der Waals surface area contributed by atoms with E-state index in [1.165, 1.54) is 13.8 Å². The molecule has 0 atom stereocenters. The Labute approximate surface area is 141 Å². The molecule has 25 heavy (non-hydrogen) atoms. The molecule has 2 rings (SSSR count). The van der Waals surface area contributed by atoms with E-state index in [1.54, 1.807) is 0 Å². The molecule has 0 radical (unpaired) electrons. The summed E-state index contributed by atoms with van der Waals surface area (Å²) in [6, 6.07) is 4.64. The van der Waals surface area contributed by atoms with Crippen LogP contribution in [-0.2, 0) is 10.1 Å². The Morgan fingerprint density at radius 1 is 1.00 bits per heavy atom. The zero-order valence-electron chi connectivity index (χ0n) is 13.0. The van der Waals surface area contributed by atoms with Crippen LogP contribution < -0.4 is 4.18 Å². The standard InChI is InChI=1S/C14H12N2O8S/c1-8-5-11(6-9(2)14(8)17)25(22,23)24-13-4-3-10(15(18)19)7-12(13)16(20)21/h3-7,17H,1-2H3. The normalized spacial score (nSPS) is 11.1. The maximum absolute atomic E-state index is 12.4. The Morgan fingerprint density at radius 3 is 2.04 bits per heavy atom. The number of nitro groups is 2. The maximum atomic E-state index is 12.4. The lowest BCUT2D eigenvalue weighted by atomic mass is 10.1. The van der Waals surface area contributed by atoms with E-state index in [1.807, 2.05) is 0 Å². The first-order valence-electron chi connectivity index (χ1n) is 6.70. The summed E-state index contributed by atoms with van der Waals surface area (Å²) in [7, 11) is -4.45. The summed E-state index contributed by atoms with van der Waals surface area (Å²) in [4.78, 5) is 19.6. The monoisotopic (exact) mass is 368 g/mol. The largest absolute Gasteiger partial charge is 0.507 e. The Kier molecular flexibility index (Phi) is 4.61. The molecule has 2 aromatic rings. The number of aromatic hydroxyl groups is 1. The molecule has 2 aromatic carbocycles. The molecule has 0 aliphatic heterocycles. The third-order valence-corrected chi connectivity index (χ3v) is 4.51. The van der Waals surface area contributed by atoms with Gasteiger partial charge in [0.05, 0.1) is 15.9 Å². The molecule has 0 heterocycles. The van der Waals surface area contributed by atoms with Crippen molar-refractivity contribution in [2.75, 3.05) is 0 Å². The third-order valence-electron chi connectivity index (χ3n) is 3.30. The molecule has 0 unspecified atom stereocenters. The van der Waals surface area contributed by atoms with Gasteiger partial charge in [0.15, 0.2) is 0 Å². The van der Waals surface area contributed by atoms with Crippen LogP contribution in [-0.4, -0.2) is 23.4 Å². The van der Waals surface area contributed by atoms with Crippen LogP contribution in [0.2, 0.25) is 0 Å². The molecule has 10 nitrogen and oxygen atoms in total. The first-order chi connectivity index (χ1) is 11.5. The molecule has 0 saturated heterocycles. The van der Waals surface area contributed by atoms with Crippen LogP contribution >= 0.6 is 0 Å². The molecule has 132 valence electrons. The molecule has 0 aliphatic carbocycles. The predicted molar refractivity (Wildman–Crippen MR) is 85.1 cm³/mol. The second-order valence-electron chi connectivity index (χ2n) is 5.11. The van der Waals surface area contributed by atoms with E-state index in [0.29, 0.717) is 6.07 Å². The summed E-state index contributed by atoms with van der Waals surface area (Å²) >= 11 is 0. The average molecular weight is 368 g/mol. The van der Waals surface area contributed by atoms with Gasteiger partial charge in [-0.15, -0.1) is 0 Å². The Hall–Kier alpha value is -3.21. The Morgan fingerprint density at radius 2 is 1.56 bits per heavy atom. The third kappa shape index (κ3) is 3.66. The summed E-state index contributed by atoms with van der Waals surface area (Å²) < 4.78 is 29.5. The average Bonchev–Trinajstić information content (AvgIpc) is 2.51. The van der Waals surface area contributed by atoms with E-state index in [9.17, 15) is 33.8 Å². The zero-order chi connectivity index (χ0) is 18.9. The van der Waals surface area contributed by atoms with Gasteiger partial charge in [-0.3, -0.25) is 20.2 Å². The van der Waals surface area contributed by atoms with E-state index in [0.717, 1.165) is 24.3 Å². The molecule has 0 spiro atoms. The van der Waals surface area contributed by atoms with E-state index in [2.05, 4.69) is 0 Å². The molecular weight excluding hydrogens is 356 g/mol. The van der Waals surface area contributed by atoms with Gasteiger partial charge >= 0.3 is 15.8 Å². The second-order valence-corrected chi connectivity index (χ2v) is 6.66. The fourth-order valence-electron chi connectivity index (χ4n) is 2.06. The van der Waals surface area contributed by atoms with Gasteiger partial charge < -0.3 is 9.29 Å². The first-order valence-corrected chi connectivity index (χ1v) is 8.11. The number of hydrogen-bond acceptors (Lipinski definition) is 8. The van der Waals surface area contributed by atoms with Gasteiger partial charge in [-0.1, -0.05) is 0 Å². The molecule has 0 bridgehead atoms. The summed E-state index contributed by atoms with van der Waals surface area (Å²) in [5, 5.41) is 31.4. The van der Waals surface area contributed by atoms with Crippen molar-refractivity contribution in [3.05, 3.63) is 61.7 Å². The van der Waals surface area contributed by atoms with Gasteiger partial charge in [0.25, 0.3) is 5.69 Å². The number of phenolic OH excluding ortho intramolecular Hbond substituents is 1. The van der Waals surface area contributed by atoms with Gasteiger partial charge in [-0.2, -0.15) is 8.42 Å². The highest BCUT2D eigenvalue weighted by Crippen LogP contribution is 2.34. The van der Waals surface area contributed by atoms with Gasteiger partial charge in [0.2, 0.25) is 5.75 Å². The number of rotatable bonds is 5. The highest BCUT2D eigenvalue weighted by Gasteiger charge is 2.26. The summed E-state index contributed by atoms with van der Waals surface area (Å²) in [5.74, 6) is -0.737. The highest BCUT2D eigenvalue weighted by molar-refractivity contribution is 7.87. The van der Waals surface area contributed by atoms with Crippen molar-refractivity contribution < 1.29 is 27.6 Å². The summed E-state index contributed by atoms with van der Waals surface area (Å²) in [6.07, 6.45) is 0. The lowest BCUT2D eigenvalue weighted by Gasteiger charge is -2.10. The van der Waals surface area contributed by atoms with Crippen LogP contribution in [0.1, 0.15) is 11.1 Å². The van der Waals surface area contributed by atoms with E-state index in [4.69, 9.17) is 4.18 Å². The minimum absolute atomic E-state index is 0.0831. The molecular formula is C14H12N2O8S. The minimum Gasteiger partial charge on any atom is -0.507 e. The smallest absolute Gasteiger partial charge is 0.339 e. The van der Waals surface area contributed by atoms with Crippen LogP contribution in [0.25, 0.3) is 0 Å². The summed E-state index contributed by atoms with van der Waals surface area (Å²) in [6.45, 7) is 2.96. The van der Waals surface area contributed by atoms with Crippen LogP contribution in [0.5, 0.6) is 11.5 Å². The SMILES string of the molecule is Cc1cc(S(=O)(=O)Oc2ccc([N+](=O)[O-])cc2[N+](=O)[O-])cc(C)c1O. The second kappa shape index (κ2) is 6.36. The van der Waals surface area contributed by atoms with Crippen molar-refractivity contribution in [1.29, 1.82) is 0 Å². The number of hydrogen-bond donors (Lipinski definition) is 1. The van der Waals surface area contributed by atoms with Crippen LogP contribution in [0.3, 0.4) is 0 Å². The number of non-ortho nitro benzene ring substituents is 1. The molecule has 0 aliphatic rings. The van der Waals surface area contributed by atoms with Gasteiger partial charge in [0.1, 0.15) is 10.6 Å². The fourth-order valence-corrected chi connectivity index (χ4v) is 3.18. The molecule has 0 saturated carbocycles. The van der Waals surface area contributed by atoms with Crippen molar-refractivity contribution >= 4 is 21.5 Å². The molecule has 11 heteroatoms. The van der Waals surface area contributed by atoms with Crippen molar-refractivity contribution in [3.63, 3.8) is 0 Å². The number of nitro benzene ring substituents is 2. The lowest BCUT2D eigenvalue weighted by molar-refractivity contribution is -0.394. The first kappa shape index (κ1) is 18.1. The summed E-state index contributed by atoms with van der Waals surface area (Å²) in [5.41, 5.74) is -0.876. The van der Waals surface area contributed by atoms with Gasteiger partial charge in [-0.05, 0) is 43.2 Å². The van der Waals surface area contributed by atoms with Gasteiger partial charge in [0, 0.05) is 6.07 Å². The van der Waals surface area contributed by atoms with Crippen molar-refractivity contribution in [2.45, 2.75) is 18.7 Å². The van der Waals surface area contributed by atoms with E-state index >= 15 is 0 Å². The Balaban J connectivity index is 2.51. The Bertz CT molecular complexity index is 961. The number of nitrogens with zero attached hydrogens (tertiary/aromatic N) is 2. The lowest BCUT2D eigenvalue weighted by Crippen LogP contribution is -2.11. The predicted octanol–water partition coefficient (Wildman–Crippen LogP) is 2.59. The molecule has 0 fully saturated rings. The van der Waals surface area contributed by atoms with E-state index in [-0.39, 0.29) is 21.8 Å². The minimum atomic E-state index is -4.45.